The van der Waals surface area contributed by atoms with Crippen molar-refractivity contribution in [2.45, 2.75) is 32.7 Å². The number of rotatable bonds is 10. The van der Waals surface area contributed by atoms with Crippen LogP contribution >= 0.6 is 0 Å². The molecule has 1 aromatic carbocycles. The van der Waals surface area contributed by atoms with Crippen molar-refractivity contribution >= 4 is 23.5 Å². The van der Waals surface area contributed by atoms with Crippen LogP contribution in [-0.2, 0) is 19.1 Å². The lowest BCUT2D eigenvalue weighted by molar-refractivity contribution is -0.384. The van der Waals surface area contributed by atoms with Gasteiger partial charge >= 0.3 is 11.9 Å². The fraction of sp³-hybridized carbons (Fsp3) is 0.471. The molecular weight excluding hydrogens is 360 g/mol. The number of esters is 2. The van der Waals surface area contributed by atoms with Gasteiger partial charge in [0.05, 0.1) is 36.9 Å². The topological polar surface area (TPSA) is 134 Å². The smallest absolute Gasteiger partial charge is 0.328 e. The maximum Gasteiger partial charge on any atom is 0.328 e. The van der Waals surface area contributed by atoms with E-state index >= 15 is 0 Å². The van der Waals surface area contributed by atoms with Crippen molar-refractivity contribution in [1.82, 2.24) is 5.32 Å². The molecule has 10 heteroatoms. The average molecular weight is 382 g/mol. The van der Waals surface area contributed by atoms with Crippen LogP contribution in [0.4, 0.5) is 5.69 Å². The fourth-order valence-electron chi connectivity index (χ4n) is 2.20. The third kappa shape index (κ3) is 6.57. The summed E-state index contributed by atoms with van der Waals surface area (Å²) in [6.07, 6.45) is -0.103. The molecule has 0 aliphatic carbocycles. The lowest BCUT2D eigenvalue weighted by Gasteiger charge is -2.17. The van der Waals surface area contributed by atoms with E-state index in [0.717, 1.165) is 12.1 Å². The quantitative estimate of drug-likeness (QED) is 0.366. The minimum absolute atomic E-state index is 0.00790. The molecule has 0 aliphatic heterocycles. The van der Waals surface area contributed by atoms with Gasteiger partial charge in [-0.25, -0.2) is 4.79 Å². The van der Waals surface area contributed by atoms with Crippen LogP contribution in [0.15, 0.2) is 18.2 Å². The molecule has 1 atom stereocenters. The molecule has 0 radical (unpaired) electrons. The van der Waals surface area contributed by atoms with E-state index < -0.39 is 28.8 Å². The van der Waals surface area contributed by atoms with Crippen molar-refractivity contribution in [3.05, 3.63) is 33.9 Å². The number of benzene rings is 1. The van der Waals surface area contributed by atoms with Crippen molar-refractivity contribution in [3.8, 4) is 5.75 Å². The molecule has 10 nitrogen and oxygen atoms in total. The highest BCUT2D eigenvalue weighted by atomic mass is 16.6. The third-order valence-electron chi connectivity index (χ3n) is 3.46. The van der Waals surface area contributed by atoms with Gasteiger partial charge in [0.25, 0.3) is 11.6 Å². The summed E-state index contributed by atoms with van der Waals surface area (Å²) in [5.41, 5.74) is -0.235. The van der Waals surface area contributed by atoms with Gasteiger partial charge in [-0.05, 0) is 26.3 Å². The fourth-order valence-corrected chi connectivity index (χ4v) is 2.20. The van der Waals surface area contributed by atoms with Crippen LogP contribution in [-0.4, -0.2) is 49.1 Å². The van der Waals surface area contributed by atoms with E-state index in [2.05, 4.69) is 5.32 Å². The van der Waals surface area contributed by atoms with Gasteiger partial charge < -0.3 is 19.5 Å². The Balaban J connectivity index is 2.96. The summed E-state index contributed by atoms with van der Waals surface area (Å²) in [4.78, 5) is 46.3. The normalized spacial score (nSPS) is 11.2. The number of ether oxygens (including phenoxy) is 3. The Hall–Kier alpha value is -3.17. The first-order valence-electron chi connectivity index (χ1n) is 8.29. The predicted molar refractivity (Wildman–Crippen MR) is 93.4 cm³/mol. The summed E-state index contributed by atoms with van der Waals surface area (Å²) in [5.74, 6) is -1.91. The Kier molecular flexibility index (Phi) is 8.70. The van der Waals surface area contributed by atoms with Crippen molar-refractivity contribution in [1.29, 1.82) is 0 Å². The van der Waals surface area contributed by atoms with Gasteiger partial charge in [-0.1, -0.05) is 0 Å². The molecule has 0 bridgehead atoms. The highest BCUT2D eigenvalue weighted by molar-refractivity contribution is 5.99. The first-order valence-corrected chi connectivity index (χ1v) is 8.29. The molecule has 0 heterocycles. The van der Waals surface area contributed by atoms with Crippen molar-refractivity contribution in [2.75, 3.05) is 20.3 Å². The number of carbonyl (C=O) groups is 3. The number of amides is 1. The van der Waals surface area contributed by atoms with Crippen LogP contribution in [0.1, 0.15) is 37.0 Å². The second-order valence-corrected chi connectivity index (χ2v) is 5.26. The SMILES string of the molecule is CCOC(=O)CC[C@H](NC(=O)c1ccc([N+](=O)[O-])cc1OC)C(=O)OCC. The van der Waals surface area contributed by atoms with Crippen LogP contribution in [0.25, 0.3) is 0 Å². The van der Waals surface area contributed by atoms with Gasteiger partial charge in [0, 0.05) is 12.5 Å². The molecule has 148 valence electrons. The van der Waals surface area contributed by atoms with Crippen molar-refractivity contribution in [2.24, 2.45) is 0 Å². The van der Waals surface area contributed by atoms with Gasteiger partial charge in [0.1, 0.15) is 11.8 Å². The zero-order chi connectivity index (χ0) is 20.4. The highest BCUT2D eigenvalue weighted by Gasteiger charge is 2.26. The summed E-state index contributed by atoms with van der Waals surface area (Å²) >= 11 is 0. The third-order valence-corrected chi connectivity index (χ3v) is 3.46. The Morgan fingerprint density at radius 1 is 1.19 bits per heavy atom. The first-order chi connectivity index (χ1) is 12.8. The van der Waals surface area contributed by atoms with Crippen LogP contribution in [0.5, 0.6) is 5.75 Å². The molecule has 0 saturated heterocycles. The summed E-state index contributed by atoms with van der Waals surface area (Å²) in [5, 5.41) is 13.3. The molecule has 0 spiro atoms. The molecule has 0 aromatic heterocycles. The second kappa shape index (κ2) is 10.7. The zero-order valence-electron chi connectivity index (χ0n) is 15.4. The molecular formula is C17H22N2O8. The maximum absolute atomic E-state index is 12.5. The van der Waals surface area contributed by atoms with E-state index in [9.17, 15) is 24.5 Å². The summed E-state index contributed by atoms with van der Waals surface area (Å²) in [6, 6.07) is 2.39. The number of hydrogen-bond acceptors (Lipinski definition) is 8. The van der Waals surface area contributed by atoms with Gasteiger partial charge in [0.15, 0.2) is 0 Å². The van der Waals surface area contributed by atoms with E-state index in [-0.39, 0.29) is 43.1 Å². The number of nitrogens with one attached hydrogen (secondary N) is 1. The van der Waals surface area contributed by atoms with Gasteiger partial charge in [-0.15, -0.1) is 0 Å². The Bertz CT molecular complexity index is 704. The average Bonchev–Trinajstić information content (AvgIpc) is 2.64. The minimum Gasteiger partial charge on any atom is -0.496 e. The number of carbonyl (C=O) groups excluding carboxylic acids is 3. The molecule has 27 heavy (non-hydrogen) atoms. The van der Waals surface area contributed by atoms with E-state index in [1.165, 1.54) is 13.2 Å². The summed E-state index contributed by atoms with van der Waals surface area (Å²) < 4.78 is 14.7. The van der Waals surface area contributed by atoms with Crippen LogP contribution < -0.4 is 10.1 Å². The standard InChI is InChI=1S/C17H22N2O8/c1-4-26-15(20)9-8-13(17(22)27-5-2)18-16(21)12-7-6-11(19(23)24)10-14(12)25-3/h6-7,10,13H,4-5,8-9H2,1-3H3,(H,18,21)/t13-/m0/s1. The van der Waals surface area contributed by atoms with Crippen LogP contribution in [0, 0.1) is 10.1 Å². The van der Waals surface area contributed by atoms with E-state index in [0.29, 0.717) is 0 Å². The van der Waals surface area contributed by atoms with E-state index in [1.54, 1.807) is 13.8 Å². The zero-order valence-corrected chi connectivity index (χ0v) is 15.4. The number of nitro benzene ring substituents is 1. The molecule has 1 aromatic rings. The largest absolute Gasteiger partial charge is 0.496 e. The van der Waals surface area contributed by atoms with Gasteiger partial charge in [-0.3, -0.25) is 19.7 Å². The lowest BCUT2D eigenvalue weighted by Crippen LogP contribution is -2.42. The summed E-state index contributed by atoms with van der Waals surface area (Å²) in [6.45, 7) is 3.57. The van der Waals surface area contributed by atoms with Gasteiger partial charge in [-0.2, -0.15) is 0 Å². The molecule has 0 saturated carbocycles. The van der Waals surface area contributed by atoms with Crippen molar-refractivity contribution in [3.63, 3.8) is 0 Å². The molecule has 1 rings (SSSR count). The number of nitrogens with zero attached hydrogens (tertiary/aromatic N) is 1. The monoisotopic (exact) mass is 382 g/mol. The Labute approximate surface area is 155 Å². The number of nitro groups is 1. The molecule has 0 unspecified atom stereocenters. The number of methoxy groups -OCH3 is 1. The summed E-state index contributed by atoms with van der Waals surface area (Å²) in [7, 11) is 1.26. The second-order valence-electron chi connectivity index (χ2n) is 5.26. The Morgan fingerprint density at radius 2 is 1.85 bits per heavy atom. The molecule has 1 N–H and O–H groups in total. The van der Waals surface area contributed by atoms with Crippen LogP contribution in [0.2, 0.25) is 0 Å². The van der Waals surface area contributed by atoms with Gasteiger partial charge in [0.2, 0.25) is 0 Å². The van der Waals surface area contributed by atoms with E-state index in [4.69, 9.17) is 14.2 Å². The highest BCUT2D eigenvalue weighted by Crippen LogP contribution is 2.24. The molecule has 1 amide bonds. The Morgan fingerprint density at radius 3 is 2.41 bits per heavy atom. The van der Waals surface area contributed by atoms with Crippen molar-refractivity contribution < 1.29 is 33.5 Å². The van der Waals surface area contributed by atoms with E-state index in [1.807, 2.05) is 0 Å². The lowest BCUT2D eigenvalue weighted by atomic mass is 10.1. The maximum atomic E-state index is 12.5. The number of hydrogen-bond donors (Lipinski definition) is 1. The minimum atomic E-state index is -1.08. The van der Waals surface area contributed by atoms with Crippen LogP contribution in [0.3, 0.4) is 0 Å². The molecule has 0 fully saturated rings. The number of non-ortho nitro benzene ring substituents is 1. The predicted octanol–water partition coefficient (Wildman–Crippen LogP) is 1.61. The molecule has 0 aliphatic rings. The first kappa shape index (κ1) is 21.9.